The van der Waals surface area contributed by atoms with Gasteiger partial charge in [-0.15, -0.1) is 0 Å². The predicted molar refractivity (Wildman–Crippen MR) is 123 cm³/mol. The minimum atomic E-state index is -0.550. The molecule has 33 heavy (non-hydrogen) atoms. The van der Waals surface area contributed by atoms with Gasteiger partial charge in [0.05, 0.1) is 23.7 Å². The van der Waals surface area contributed by atoms with Gasteiger partial charge in [0.2, 0.25) is 5.91 Å². The third-order valence-corrected chi connectivity index (χ3v) is 6.14. The number of hydrogen-bond acceptors (Lipinski definition) is 7. The Bertz CT molecular complexity index is 1130. The Morgan fingerprint density at radius 3 is 2.55 bits per heavy atom. The number of hydrogen-bond donors (Lipinski definition) is 0. The van der Waals surface area contributed by atoms with Gasteiger partial charge < -0.3 is 14.4 Å². The fourth-order valence-electron chi connectivity index (χ4n) is 3.26. The zero-order chi connectivity index (χ0) is 23.4. The highest BCUT2D eigenvalue weighted by atomic mass is 35.5. The zero-order valence-electron chi connectivity index (χ0n) is 17.4. The first-order valence-electron chi connectivity index (χ1n) is 10.1. The number of halogens is 1. The maximum absolute atomic E-state index is 12.7. The van der Waals surface area contributed by atoms with Crippen LogP contribution in [0.25, 0.3) is 6.08 Å². The summed E-state index contributed by atoms with van der Waals surface area (Å²) in [7, 11) is 0. The molecular weight excluding hydrogens is 468 g/mol. The first-order chi connectivity index (χ1) is 15.9. The first kappa shape index (κ1) is 23.0. The molecule has 0 unspecified atom stereocenters. The number of benzene rings is 2. The van der Waals surface area contributed by atoms with Crippen LogP contribution in [0.2, 0.25) is 5.02 Å². The lowest BCUT2D eigenvalue weighted by atomic mass is 10.2. The Hall–Kier alpha value is -3.14. The number of rotatable bonds is 5. The van der Waals surface area contributed by atoms with Crippen molar-refractivity contribution in [2.75, 3.05) is 32.8 Å². The normalized spacial score (nSPS) is 17.5. The minimum absolute atomic E-state index is 0.191. The topological polar surface area (TPSA) is 93.2 Å². The summed E-state index contributed by atoms with van der Waals surface area (Å²) in [5.41, 5.74) is 0.914. The van der Waals surface area contributed by atoms with Gasteiger partial charge >= 0.3 is 5.97 Å². The van der Waals surface area contributed by atoms with E-state index < -0.39 is 17.1 Å². The van der Waals surface area contributed by atoms with Gasteiger partial charge in [0.25, 0.3) is 11.1 Å². The molecule has 2 fully saturated rings. The van der Waals surface area contributed by atoms with Gasteiger partial charge in [-0.1, -0.05) is 23.7 Å². The molecule has 0 saturated carbocycles. The Morgan fingerprint density at radius 1 is 1.09 bits per heavy atom. The van der Waals surface area contributed by atoms with Crippen molar-refractivity contribution in [2.45, 2.75) is 0 Å². The van der Waals surface area contributed by atoms with Gasteiger partial charge in [-0.25, -0.2) is 4.79 Å². The van der Waals surface area contributed by atoms with Crippen molar-refractivity contribution in [1.29, 1.82) is 0 Å². The highest BCUT2D eigenvalue weighted by Gasteiger charge is 2.37. The van der Waals surface area contributed by atoms with Crippen LogP contribution in [0.5, 0.6) is 5.75 Å². The summed E-state index contributed by atoms with van der Waals surface area (Å²) in [6.45, 7) is 1.44. The Balaban J connectivity index is 1.43. The second-order valence-electron chi connectivity index (χ2n) is 7.23. The molecule has 2 aromatic carbocycles. The van der Waals surface area contributed by atoms with Gasteiger partial charge in [-0.3, -0.25) is 19.3 Å². The predicted octanol–water partition coefficient (Wildman–Crippen LogP) is 3.45. The lowest BCUT2D eigenvalue weighted by Crippen LogP contribution is -2.46. The first-order valence-corrected chi connectivity index (χ1v) is 11.3. The van der Waals surface area contributed by atoms with E-state index in [9.17, 15) is 19.2 Å². The molecule has 0 aliphatic carbocycles. The van der Waals surface area contributed by atoms with Crippen LogP contribution in [0.1, 0.15) is 15.9 Å². The van der Waals surface area contributed by atoms with Crippen molar-refractivity contribution in [3.8, 4) is 5.75 Å². The molecule has 2 aliphatic heterocycles. The largest absolute Gasteiger partial charge is 0.423 e. The average Bonchev–Trinajstić information content (AvgIpc) is 3.07. The lowest BCUT2D eigenvalue weighted by molar-refractivity contribution is -0.139. The van der Waals surface area contributed by atoms with Crippen LogP contribution < -0.4 is 4.74 Å². The third kappa shape index (κ3) is 5.62. The maximum atomic E-state index is 12.7. The Morgan fingerprint density at radius 2 is 1.82 bits per heavy atom. The smallest absolute Gasteiger partial charge is 0.343 e. The van der Waals surface area contributed by atoms with Crippen molar-refractivity contribution in [3.05, 3.63) is 69.6 Å². The molecular formula is C23H19ClN2O6S. The molecule has 0 bridgehead atoms. The minimum Gasteiger partial charge on any atom is -0.423 e. The number of thioether (sulfide) groups is 1. The van der Waals surface area contributed by atoms with Gasteiger partial charge in [0, 0.05) is 18.1 Å². The molecule has 10 heteroatoms. The number of ether oxygens (including phenoxy) is 2. The van der Waals surface area contributed by atoms with Crippen LogP contribution in [0.4, 0.5) is 4.79 Å². The highest BCUT2D eigenvalue weighted by Crippen LogP contribution is 2.32. The number of morpholine rings is 1. The molecule has 170 valence electrons. The number of imide groups is 1. The maximum Gasteiger partial charge on any atom is 0.343 e. The SMILES string of the molecule is O=C(Oc1cccc(/C=C2\SC(=O)N(CC(=O)N3CCOCC3)C2=O)c1)c1ccc(Cl)cc1. The van der Waals surface area contributed by atoms with E-state index >= 15 is 0 Å². The number of esters is 1. The fourth-order valence-corrected chi connectivity index (χ4v) is 4.22. The summed E-state index contributed by atoms with van der Waals surface area (Å²) in [6, 6.07) is 12.9. The summed E-state index contributed by atoms with van der Waals surface area (Å²) in [6.07, 6.45) is 1.53. The van der Waals surface area contributed by atoms with Crippen molar-refractivity contribution < 1.29 is 28.7 Å². The fraction of sp³-hybridized carbons (Fsp3) is 0.217. The number of carbonyl (C=O) groups is 4. The van der Waals surface area contributed by atoms with Gasteiger partial charge in [0.1, 0.15) is 12.3 Å². The molecule has 0 spiro atoms. The number of amides is 3. The van der Waals surface area contributed by atoms with Crippen LogP contribution in [0.15, 0.2) is 53.4 Å². The summed E-state index contributed by atoms with van der Waals surface area (Å²) in [5.74, 6) is -1.09. The van der Waals surface area contributed by atoms with E-state index in [2.05, 4.69) is 0 Å². The van der Waals surface area contributed by atoms with Gasteiger partial charge in [0.15, 0.2) is 0 Å². The molecule has 2 heterocycles. The summed E-state index contributed by atoms with van der Waals surface area (Å²) in [4.78, 5) is 52.6. The quantitative estimate of drug-likeness (QED) is 0.363. The van der Waals surface area contributed by atoms with E-state index in [4.69, 9.17) is 21.1 Å². The molecule has 3 amide bonds. The standard InChI is InChI=1S/C23H19ClN2O6S/c24-17-6-4-16(5-7-17)22(29)32-18-3-1-2-15(12-18)13-19-21(28)26(23(30)33-19)14-20(27)25-8-10-31-11-9-25/h1-7,12-13H,8-11,14H2/b19-13-. The molecule has 0 radical (unpaired) electrons. The monoisotopic (exact) mass is 486 g/mol. The number of carbonyl (C=O) groups excluding carboxylic acids is 4. The van der Waals surface area contributed by atoms with Crippen LogP contribution >= 0.6 is 23.4 Å². The molecule has 0 N–H and O–H groups in total. The van der Waals surface area contributed by atoms with Crippen LogP contribution in [-0.4, -0.2) is 65.7 Å². The van der Waals surface area contributed by atoms with Crippen LogP contribution in [0.3, 0.4) is 0 Å². The van der Waals surface area contributed by atoms with Crippen molar-refractivity contribution in [3.63, 3.8) is 0 Å². The van der Waals surface area contributed by atoms with E-state index in [1.54, 1.807) is 53.4 Å². The molecule has 2 aromatic rings. The van der Waals surface area contributed by atoms with Crippen LogP contribution in [0, 0.1) is 0 Å². The Labute approximate surface area is 199 Å². The molecule has 2 saturated heterocycles. The molecule has 8 nitrogen and oxygen atoms in total. The summed E-state index contributed by atoms with van der Waals surface area (Å²) >= 11 is 6.60. The van der Waals surface area contributed by atoms with Crippen molar-refractivity contribution in [2.24, 2.45) is 0 Å². The van der Waals surface area contributed by atoms with Crippen LogP contribution in [-0.2, 0) is 14.3 Å². The average molecular weight is 487 g/mol. The molecule has 4 rings (SSSR count). The third-order valence-electron chi connectivity index (χ3n) is 4.98. The van der Waals surface area contributed by atoms with Gasteiger partial charge in [-0.05, 0) is 59.8 Å². The second-order valence-corrected chi connectivity index (χ2v) is 8.66. The molecule has 0 aromatic heterocycles. The van der Waals surface area contributed by atoms with Gasteiger partial charge in [-0.2, -0.15) is 0 Å². The zero-order valence-corrected chi connectivity index (χ0v) is 18.9. The number of nitrogens with zero attached hydrogens (tertiary/aromatic N) is 2. The second kappa shape index (κ2) is 10.2. The van der Waals surface area contributed by atoms with E-state index in [0.29, 0.717) is 42.5 Å². The van der Waals surface area contributed by atoms with E-state index in [1.807, 2.05) is 0 Å². The Kier molecular flexibility index (Phi) is 7.12. The summed E-state index contributed by atoms with van der Waals surface area (Å²) in [5, 5.41) is 0.00678. The van der Waals surface area contributed by atoms with E-state index in [0.717, 1.165) is 16.7 Å². The van der Waals surface area contributed by atoms with Crippen molar-refractivity contribution in [1.82, 2.24) is 9.80 Å². The lowest BCUT2D eigenvalue weighted by Gasteiger charge is -2.28. The van der Waals surface area contributed by atoms with E-state index in [-0.39, 0.29) is 23.1 Å². The van der Waals surface area contributed by atoms with E-state index in [1.165, 1.54) is 6.08 Å². The highest BCUT2D eigenvalue weighted by molar-refractivity contribution is 8.18. The summed E-state index contributed by atoms with van der Waals surface area (Å²) < 4.78 is 10.6. The molecule has 0 atom stereocenters. The van der Waals surface area contributed by atoms with Crippen molar-refractivity contribution >= 4 is 52.5 Å². The molecule has 2 aliphatic rings.